The zero-order chi connectivity index (χ0) is 24.5. The quantitative estimate of drug-likeness (QED) is 0.374. The fraction of sp³-hybridized carbons (Fsp3) is 0.400. The molecular weight excluding hydrogens is 466 g/mol. The number of halogens is 4. The van der Waals surface area contributed by atoms with Gasteiger partial charge >= 0.3 is 6.18 Å². The number of nitrogens with zero attached hydrogens (tertiary/aromatic N) is 3. The zero-order valence-corrected chi connectivity index (χ0v) is 19.7. The van der Waals surface area contributed by atoms with E-state index < -0.39 is 11.7 Å². The molecule has 9 heteroatoms. The number of aryl methyl sites for hydroxylation is 2. The number of carbonyl (C=O) groups is 1. The molecule has 1 aliphatic rings. The molecule has 1 aromatic carbocycles. The molecule has 180 valence electrons. The number of amides is 1. The molecule has 0 N–H and O–H groups in total. The summed E-state index contributed by atoms with van der Waals surface area (Å²) in [4.78, 5) is 24.8. The molecule has 0 bridgehead atoms. The summed E-state index contributed by atoms with van der Waals surface area (Å²) in [6, 6.07) is 8.40. The molecule has 0 spiro atoms. The third-order valence-corrected chi connectivity index (χ3v) is 7.21. The average Bonchev–Trinajstić information content (AvgIpc) is 3.19. The number of pyridine rings is 1. The molecule has 34 heavy (non-hydrogen) atoms. The molecule has 0 aliphatic carbocycles. The van der Waals surface area contributed by atoms with Crippen LogP contribution in [0.25, 0.3) is 10.4 Å². The van der Waals surface area contributed by atoms with Crippen molar-refractivity contribution in [1.82, 2.24) is 14.9 Å². The lowest BCUT2D eigenvalue weighted by Gasteiger charge is -2.40. The van der Waals surface area contributed by atoms with Crippen molar-refractivity contribution in [3.05, 3.63) is 70.4 Å². The summed E-state index contributed by atoms with van der Waals surface area (Å²) in [6.07, 6.45) is 0.165. The number of hydrogen-bond donors (Lipinski definition) is 0. The van der Waals surface area contributed by atoms with Gasteiger partial charge in [0.05, 0.1) is 15.4 Å². The first-order chi connectivity index (χ1) is 16.1. The van der Waals surface area contributed by atoms with Gasteiger partial charge in [-0.3, -0.25) is 9.78 Å². The smallest absolute Gasteiger partial charge is 0.332 e. The topological polar surface area (TPSA) is 46.1 Å². The lowest BCUT2D eigenvalue weighted by Crippen LogP contribution is -2.49. The first-order valence-electron chi connectivity index (χ1n) is 11.2. The second-order valence-electron chi connectivity index (χ2n) is 8.64. The Hall–Kier alpha value is -2.81. The van der Waals surface area contributed by atoms with Crippen LogP contribution < -0.4 is 0 Å². The molecule has 0 radical (unpaired) electrons. The molecule has 1 aliphatic heterocycles. The van der Waals surface area contributed by atoms with Gasteiger partial charge in [0.15, 0.2) is 0 Å². The molecular formula is C25H25F4N3OS. The van der Waals surface area contributed by atoms with E-state index in [1.807, 2.05) is 18.7 Å². The Morgan fingerprint density at radius 2 is 1.88 bits per heavy atom. The number of likely N-dealkylation sites (tertiary alicyclic amines) is 1. The fourth-order valence-electron chi connectivity index (χ4n) is 4.48. The SMILES string of the molecule is Cc1nc(C(=O)N2C(C)CCCC2CCc2ccc(C(F)(F)F)cn2)c(-c2ccc(F)cc2)s1. The molecule has 1 amide bonds. The Kier molecular flexibility index (Phi) is 7.02. The monoisotopic (exact) mass is 491 g/mol. The van der Waals surface area contributed by atoms with Crippen LogP contribution in [0.5, 0.6) is 0 Å². The minimum atomic E-state index is -4.42. The van der Waals surface area contributed by atoms with Gasteiger partial charge in [0.25, 0.3) is 5.91 Å². The number of thiazole rings is 1. The van der Waals surface area contributed by atoms with Crippen molar-refractivity contribution in [2.24, 2.45) is 0 Å². The van der Waals surface area contributed by atoms with Crippen molar-refractivity contribution in [3.8, 4) is 10.4 Å². The molecule has 0 saturated carbocycles. The highest BCUT2D eigenvalue weighted by Gasteiger charge is 2.35. The minimum Gasteiger partial charge on any atom is -0.332 e. The van der Waals surface area contributed by atoms with Gasteiger partial charge in [-0.15, -0.1) is 11.3 Å². The van der Waals surface area contributed by atoms with E-state index in [2.05, 4.69) is 9.97 Å². The van der Waals surface area contributed by atoms with Gasteiger partial charge in [0.1, 0.15) is 11.5 Å². The van der Waals surface area contributed by atoms with Gasteiger partial charge in [-0.05, 0) is 75.8 Å². The normalized spacial score (nSPS) is 18.8. The minimum absolute atomic E-state index is 0.00916. The van der Waals surface area contributed by atoms with Crippen LogP contribution in [0, 0.1) is 12.7 Å². The van der Waals surface area contributed by atoms with E-state index in [-0.39, 0.29) is 23.8 Å². The van der Waals surface area contributed by atoms with Crippen molar-refractivity contribution in [1.29, 1.82) is 0 Å². The molecule has 3 aromatic rings. The highest BCUT2D eigenvalue weighted by atomic mass is 32.1. The first kappa shape index (κ1) is 24.3. The molecule has 1 saturated heterocycles. The van der Waals surface area contributed by atoms with Crippen molar-refractivity contribution in [2.45, 2.75) is 64.2 Å². The largest absolute Gasteiger partial charge is 0.417 e. The number of benzene rings is 1. The number of hydrogen-bond acceptors (Lipinski definition) is 4. The molecule has 2 unspecified atom stereocenters. The molecule has 3 heterocycles. The molecule has 4 rings (SSSR count). The number of aromatic nitrogens is 2. The summed E-state index contributed by atoms with van der Waals surface area (Å²) in [7, 11) is 0. The molecule has 1 fully saturated rings. The number of carbonyl (C=O) groups excluding carboxylic acids is 1. The summed E-state index contributed by atoms with van der Waals surface area (Å²) in [5.41, 5.74) is 0.896. The van der Waals surface area contributed by atoms with E-state index in [1.165, 1.54) is 29.5 Å². The third kappa shape index (κ3) is 5.29. The van der Waals surface area contributed by atoms with E-state index in [0.717, 1.165) is 42.1 Å². The number of alkyl halides is 3. The van der Waals surface area contributed by atoms with E-state index in [0.29, 0.717) is 29.1 Å². The van der Waals surface area contributed by atoms with Crippen molar-refractivity contribution in [3.63, 3.8) is 0 Å². The van der Waals surface area contributed by atoms with Gasteiger partial charge in [-0.2, -0.15) is 13.2 Å². The highest BCUT2D eigenvalue weighted by molar-refractivity contribution is 7.15. The summed E-state index contributed by atoms with van der Waals surface area (Å²) in [5, 5.41) is 0.748. The van der Waals surface area contributed by atoms with Crippen LogP contribution in [-0.2, 0) is 12.6 Å². The Bertz CT molecular complexity index is 1140. The Balaban J connectivity index is 1.55. The lowest BCUT2D eigenvalue weighted by atomic mass is 9.92. The summed E-state index contributed by atoms with van der Waals surface area (Å²) in [6.45, 7) is 3.85. The van der Waals surface area contributed by atoms with Gasteiger partial charge in [-0.1, -0.05) is 12.1 Å². The Labute approximate surface area is 199 Å². The van der Waals surface area contributed by atoms with Crippen molar-refractivity contribution < 1.29 is 22.4 Å². The molecule has 2 atom stereocenters. The second-order valence-corrected chi connectivity index (χ2v) is 9.84. The second kappa shape index (κ2) is 9.82. The summed E-state index contributed by atoms with van der Waals surface area (Å²) in [5.74, 6) is -0.513. The molecule has 2 aromatic heterocycles. The third-order valence-electron chi connectivity index (χ3n) is 6.19. The number of rotatable bonds is 5. The van der Waals surface area contributed by atoms with Gasteiger partial charge < -0.3 is 4.90 Å². The highest BCUT2D eigenvalue weighted by Crippen LogP contribution is 2.34. The predicted molar refractivity (Wildman–Crippen MR) is 123 cm³/mol. The maximum atomic E-state index is 13.7. The van der Waals surface area contributed by atoms with Crippen LogP contribution in [0.2, 0.25) is 0 Å². The first-order valence-corrected chi connectivity index (χ1v) is 12.0. The van der Waals surface area contributed by atoms with Crippen LogP contribution in [-0.4, -0.2) is 32.9 Å². The number of piperidine rings is 1. The van der Waals surface area contributed by atoms with E-state index in [4.69, 9.17) is 0 Å². The lowest BCUT2D eigenvalue weighted by molar-refractivity contribution is -0.137. The van der Waals surface area contributed by atoms with Crippen LogP contribution in [0.3, 0.4) is 0 Å². The van der Waals surface area contributed by atoms with Crippen molar-refractivity contribution >= 4 is 17.2 Å². The average molecular weight is 492 g/mol. The van der Waals surface area contributed by atoms with E-state index in [9.17, 15) is 22.4 Å². The zero-order valence-electron chi connectivity index (χ0n) is 18.9. The van der Waals surface area contributed by atoms with Crippen molar-refractivity contribution in [2.75, 3.05) is 0 Å². The fourth-order valence-corrected chi connectivity index (χ4v) is 5.40. The predicted octanol–water partition coefficient (Wildman–Crippen LogP) is 6.69. The maximum absolute atomic E-state index is 13.7. The summed E-state index contributed by atoms with van der Waals surface area (Å²) < 4.78 is 51.8. The molecule has 4 nitrogen and oxygen atoms in total. The standard InChI is InChI=1S/C25H25F4N3OS/c1-15-4-3-5-21(13-12-20-11-8-18(14-30-20)25(27,28)29)32(15)24(33)22-23(34-16(2)31-22)17-6-9-19(26)10-7-17/h6-11,14-15,21H,3-5,12-13H2,1-2H3. The van der Waals surface area contributed by atoms with Crippen LogP contribution >= 0.6 is 11.3 Å². The van der Waals surface area contributed by atoms with Crippen LogP contribution in [0.1, 0.15) is 59.4 Å². The van der Waals surface area contributed by atoms with Crippen LogP contribution in [0.4, 0.5) is 17.6 Å². The Morgan fingerprint density at radius 3 is 2.53 bits per heavy atom. The van der Waals surface area contributed by atoms with Gasteiger partial charge in [0, 0.05) is 24.0 Å². The van der Waals surface area contributed by atoms with Gasteiger partial charge in [0.2, 0.25) is 0 Å². The van der Waals surface area contributed by atoms with Crippen LogP contribution in [0.15, 0.2) is 42.6 Å². The van der Waals surface area contributed by atoms with E-state index >= 15 is 0 Å². The summed E-state index contributed by atoms with van der Waals surface area (Å²) >= 11 is 1.40. The van der Waals surface area contributed by atoms with E-state index in [1.54, 1.807) is 12.1 Å². The maximum Gasteiger partial charge on any atom is 0.417 e. The Morgan fingerprint density at radius 1 is 1.15 bits per heavy atom. The van der Waals surface area contributed by atoms with Gasteiger partial charge in [-0.25, -0.2) is 9.37 Å².